The Bertz CT molecular complexity index is 813. The van der Waals surface area contributed by atoms with Gasteiger partial charge in [-0.2, -0.15) is 0 Å². The van der Waals surface area contributed by atoms with Crippen molar-refractivity contribution in [2.45, 2.75) is 18.5 Å². The van der Waals surface area contributed by atoms with Crippen LogP contribution in [0.1, 0.15) is 11.9 Å². The van der Waals surface area contributed by atoms with Crippen LogP contribution in [-0.2, 0) is 11.2 Å². The molecule has 3 aromatic rings. The third-order valence-corrected chi connectivity index (χ3v) is 4.51. The smallest absolute Gasteiger partial charge is 0.236 e. The quantitative estimate of drug-likeness (QED) is 0.589. The lowest BCUT2D eigenvalue weighted by atomic mass is 10.5. The zero-order valence-electron chi connectivity index (χ0n) is 11.5. The van der Waals surface area contributed by atoms with Crippen LogP contribution in [0.4, 0.5) is 10.9 Å². The van der Waals surface area contributed by atoms with Gasteiger partial charge in [0.25, 0.3) is 0 Å². The Morgan fingerprint density at radius 1 is 1.45 bits per heavy atom. The molecule has 0 aliphatic carbocycles. The molecule has 0 aliphatic rings. The van der Waals surface area contributed by atoms with Crippen LogP contribution in [0.3, 0.4) is 0 Å². The van der Waals surface area contributed by atoms with Gasteiger partial charge in [-0.3, -0.25) is 10.1 Å². The third-order valence-electron chi connectivity index (χ3n) is 2.65. The SMILES string of the molecule is CCc1nnc(NC(=O)CSc2nc3ncnc(N)c3[nH]2)s1. The number of H-pyrrole nitrogens is 1. The van der Waals surface area contributed by atoms with Crippen LogP contribution >= 0.6 is 23.1 Å². The summed E-state index contributed by atoms with van der Waals surface area (Å²) < 4.78 is 0. The van der Waals surface area contributed by atoms with Gasteiger partial charge >= 0.3 is 0 Å². The molecule has 9 nitrogen and oxygen atoms in total. The Labute approximate surface area is 133 Å². The molecule has 4 N–H and O–H groups in total. The van der Waals surface area contributed by atoms with Crippen molar-refractivity contribution in [2.75, 3.05) is 16.8 Å². The molecule has 0 radical (unpaired) electrons. The molecular weight excluding hydrogens is 324 g/mol. The lowest BCUT2D eigenvalue weighted by Crippen LogP contribution is -2.13. The van der Waals surface area contributed by atoms with Gasteiger partial charge in [-0.15, -0.1) is 10.2 Å². The number of fused-ring (bicyclic) bond motifs is 1. The lowest BCUT2D eigenvalue weighted by Gasteiger charge is -1.98. The summed E-state index contributed by atoms with van der Waals surface area (Å²) in [5.41, 5.74) is 6.77. The summed E-state index contributed by atoms with van der Waals surface area (Å²) in [6.45, 7) is 1.98. The number of nitrogens with zero attached hydrogens (tertiary/aromatic N) is 5. The maximum atomic E-state index is 11.9. The zero-order chi connectivity index (χ0) is 15.5. The third kappa shape index (κ3) is 3.14. The Morgan fingerprint density at radius 3 is 3.05 bits per heavy atom. The standard InChI is InChI=1S/C11H12N8OS2/c1-2-6-18-19-11(22-6)15-5(20)3-21-10-16-7-8(12)13-4-14-9(7)17-10/h4H,2-3H2,1H3,(H,15,19,20)(H3,12,13,14,16,17). The van der Waals surface area contributed by atoms with Gasteiger partial charge in [-0.25, -0.2) is 15.0 Å². The molecule has 0 saturated carbocycles. The number of carbonyl (C=O) groups excluding carboxylic acids is 1. The summed E-state index contributed by atoms with van der Waals surface area (Å²) in [5.74, 6) is 0.340. The van der Waals surface area contributed by atoms with Gasteiger partial charge in [0.2, 0.25) is 11.0 Å². The number of amides is 1. The fraction of sp³-hybridized carbons (Fsp3) is 0.273. The highest BCUT2D eigenvalue weighted by Crippen LogP contribution is 2.21. The van der Waals surface area contributed by atoms with Crippen molar-refractivity contribution in [3.05, 3.63) is 11.3 Å². The van der Waals surface area contributed by atoms with Gasteiger partial charge in [-0.05, 0) is 6.42 Å². The van der Waals surface area contributed by atoms with E-state index in [1.807, 2.05) is 6.92 Å². The van der Waals surface area contributed by atoms with Crippen LogP contribution in [-0.4, -0.2) is 41.8 Å². The van der Waals surface area contributed by atoms with E-state index in [-0.39, 0.29) is 11.7 Å². The first kappa shape index (κ1) is 14.7. The number of aromatic nitrogens is 6. The number of imidazole rings is 1. The van der Waals surface area contributed by atoms with Crippen LogP contribution < -0.4 is 11.1 Å². The van der Waals surface area contributed by atoms with Crippen molar-refractivity contribution < 1.29 is 4.79 Å². The minimum absolute atomic E-state index is 0.177. The van der Waals surface area contributed by atoms with E-state index in [1.165, 1.54) is 29.4 Å². The van der Waals surface area contributed by atoms with Crippen LogP contribution in [0.2, 0.25) is 0 Å². The van der Waals surface area contributed by atoms with E-state index in [9.17, 15) is 4.79 Å². The van der Waals surface area contributed by atoms with E-state index in [1.54, 1.807) is 0 Å². The summed E-state index contributed by atoms with van der Waals surface area (Å²) in [5, 5.41) is 12.5. The highest BCUT2D eigenvalue weighted by atomic mass is 32.2. The van der Waals surface area contributed by atoms with E-state index in [2.05, 4.69) is 35.5 Å². The van der Waals surface area contributed by atoms with Crippen molar-refractivity contribution in [3.8, 4) is 0 Å². The molecule has 3 heterocycles. The fourth-order valence-electron chi connectivity index (χ4n) is 1.63. The Morgan fingerprint density at radius 2 is 2.32 bits per heavy atom. The van der Waals surface area contributed by atoms with Crippen molar-refractivity contribution >= 4 is 51.1 Å². The number of anilines is 2. The Hall–Kier alpha value is -2.27. The van der Waals surface area contributed by atoms with Crippen molar-refractivity contribution in [1.29, 1.82) is 0 Å². The van der Waals surface area contributed by atoms with Crippen LogP contribution in [0.25, 0.3) is 11.2 Å². The summed E-state index contributed by atoms with van der Waals surface area (Å²) in [4.78, 5) is 27.0. The summed E-state index contributed by atoms with van der Waals surface area (Å²) in [6, 6.07) is 0. The molecule has 0 aromatic carbocycles. The predicted molar refractivity (Wildman–Crippen MR) is 84.7 cm³/mol. The van der Waals surface area contributed by atoms with Gasteiger partial charge in [0.15, 0.2) is 16.6 Å². The van der Waals surface area contributed by atoms with Crippen LogP contribution in [0.5, 0.6) is 0 Å². The largest absolute Gasteiger partial charge is 0.382 e. The number of rotatable bonds is 5. The monoisotopic (exact) mass is 336 g/mol. The fourth-order valence-corrected chi connectivity index (χ4v) is 2.99. The van der Waals surface area contributed by atoms with Gasteiger partial charge in [0, 0.05) is 0 Å². The average molecular weight is 336 g/mol. The summed E-state index contributed by atoms with van der Waals surface area (Å²) in [6.07, 6.45) is 2.14. The van der Waals surface area contributed by atoms with E-state index in [0.717, 1.165) is 11.4 Å². The van der Waals surface area contributed by atoms with E-state index >= 15 is 0 Å². The maximum Gasteiger partial charge on any atom is 0.236 e. The normalized spacial score (nSPS) is 11.0. The number of aryl methyl sites for hydroxylation is 1. The van der Waals surface area contributed by atoms with E-state index in [4.69, 9.17) is 5.73 Å². The zero-order valence-corrected chi connectivity index (χ0v) is 13.2. The Kier molecular flexibility index (Phi) is 4.15. The van der Waals surface area contributed by atoms with Gasteiger partial charge < -0.3 is 10.7 Å². The molecule has 0 aliphatic heterocycles. The molecule has 0 unspecified atom stereocenters. The minimum Gasteiger partial charge on any atom is -0.382 e. The highest BCUT2D eigenvalue weighted by molar-refractivity contribution is 7.99. The second kappa shape index (κ2) is 6.23. The number of hydrogen-bond donors (Lipinski definition) is 3. The average Bonchev–Trinajstić information content (AvgIpc) is 3.12. The molecule has 3 aromatic heterocycles. The number of nitrogens with one attached hydrogen (secondary N) is 2. The molecule has 0 atom stereocenters. The second-order valence-electron chi connectivity index (χ2n) is 4.19. The molecule has 0 spiro atoms. The van der Waals surface area contributed by atoms with Crippen molar-refractivity contribution in [2.24, 2.45) is 0 Å². The number of nitrogens with two attached hydrogens (primary N) is 1. The van der Waals surface area contributed by atoms with Crippen molar-refractivity contribution in [1.82, 2.24) is 30.1 Å². The first-order valence-corrected chi connectivity index (χ1v) is 8.17. The predicted octanol–water partition coefficient (Wildman–Crippen LogP) is 1.08. The van der Waals surface area contributed by atoms with E-state index < -0.39 is 0 Å². The number of hydrogen-bond acceptors (Lipinski definition) is 9. The molecule has 114 valence electrons. The van der Waals surface area contributed by atoms with Gasteiger partial charge in [-0.1, -0.05) is 30.0 Å². The topological polar surface area (TPSA) is 135 Å². The second-order valence-corrected chi connectivity index (χ2v) is 6.22. The number of thioether (sulfide) groups is 1. The van der Waals surface area contributed by atoms with Gasteiger partial charge in [0.1, 0.15) is 16.9 Å². The molecular formula is C11H12N8OS2. The molecule has 3 rings (SSSR count). The Balaban J connectivity index is 1.61. The molecule has 22 heavy (non-hydrogen) atoms. The number of nitrogen functional groups attached to an aromatic ring is 1. The maximum absolute atomic E-state index is 11.9. The first-order chi connectivity index (χ1) is 10.7. The molecule has 11 heteroatoms. The van der Waals surface area contributed by atoms with Crippen LogP contribution in [0, 0.1) is 0 Å². The van der Waals surface area contributed by atoms with Crippen LogP contribution in [0.15, 0.2) is 11.5 Å². The molecule has 0 fully saturated rings. The molecule has 0 bridgehead atoms. The number of aromatic amines is 1. The first-order valence-electron chi connectivity index (χ1n) is 6.37. The minimum atomic E-state index is -0.177. The summed E-state index contributed by atoms with van der Waals surface area (Å²) in [7, 11) is 0. The molecule has 0 saturated heterocycles. The van der Waals surface area contributed by atoms with Gasteiger partial charge in [0.05, 0.1) is 5.75 Å². The number of carbonyl (C=O) groups is 1. The highest BCUT2D eigenvalue weighted by Gasteiger charge is 2.11. The summed E-state index contributed by atoms with van der Waals surface area (Å²) >= 11 is 2.62. The lowest BCUT2D eigenvalue weighted by molar-refractivity contribution is -0.113. The van der Waals surface area contributed by atoms with Crippen molar-refractivity contribution in [3.63, 3.8) is 0 Å². The molecule has 1 amide bonds. The van der Waals surface area contributed by atoms with E-state index in [0.29, 0.717) is 27.3 Å².